The Hall–Kier alpha value is -0.430. The molecule has 2 heterocycles. The molecule has 0 radical (unpaired) electrons. The first-order valence-electron chi connectivity index (χ1n) is 5.10. The zero-order valence-corrected chi connectivity index (χ0v) is 11.1. The van der Waals surface area contributed by atoms with E-state index in [-0.39, 0.29) is 12.0 Å². The summed E-state index contributed by atoms with van der Waals surface area (Å²) >= 11 is 4.84. The molecule has 2 rings (SSSR count). The van der Waals surface area contributed by atoms with Crippen LogP contribution < -0.4 is 10.6 Å². The molecule has 16 heavy (non-hydrogen) atoms. The summed E-state index contributed by atoms with van der Waals surface area (Å²) in [5.41, 5.74) is 0.695. The van der Waals surface area contributed by atoms with E-state index in [0.717, 1.165) is 16.9 Å². The Morgan fingerprint density at radius 2 is 2.62 bits per heavy atom. The first-order valence-corrected chi connectivity index (χ1v) is 6.77. The molecular formula is C10H13BrN2O2S. The number of rotatable bonds is 3. The van der Waals surface area contributed by atoms with E-state index in [9.17, 15) is 4.79 Å². The van der Waals surface area contributed by atoms with E-state index in [1.165, 1.54) is 11.3 Å². The highest BCUT2D eigenvalue weighted by Gasteiger charge is 2.15. The van der Waals surface area contributed by atoms with E-state index in [1.807, 2.05) is 11.4 Å². The van der Waals surface area contributed by atoms with Gasteiger partial charge < -0.3 is 15.4 Å². The van der Waals surface area contributed by atoms with Gasteiger partial charge in [-0.1, -0.05) is 0 Å². The number of morpholine rings is 1. The van der Waals surface area contributed by atoms with Crippen LogP contribution in [0.15, 0.2) is 15.2 Å². The Morgan fingerprint density at radius 3 is 3.25 bits per heavy atom. The third kappa shape index (κ3) is 3.28. The zero-order valence-electron chi connectivity index (χ0n) is 8.66. The third-order valence-electron chi connectivity index (χ3n) is 2.32. The maximum Gasteiger partial charge on any atom is 0.252 e. The monoisotopic (exact) mass is 304 g/mol. The molecule has 1 atom stereocenters. The maximum absolute atomic E-state index is 11.7. The standard InChI is InChI=1S/C10H13BrN2O2S/c11-9-3-7(6-16-9)10(14)13-5-8-4-12-1-2-15-8/h3,6,8,12H,1-2,4-5H2,(H,13,14). The van der Waals surface area contributed by atoms with Gasteiger partial charge in [0.15, 0.2) is 0 Å². The normalized spacial score (nSPS) is 20.7. The van der Waals surface area contributed by atoms with Gasteiger partial charge in [-0.15, -0.1) is 11.3 Å². The largest absolute Gasteiger partial charge is 0.374 e. The fourth-order valence-electron chi connectivity index (χ4n) is 1.49. The van der Waals surface area contributed by atoms with E-state index in [2.05, 4.69) is 26.6 Å². The second kappa shape index (κ2) is 5.77. The number of amides is 1. The lowest BCUT2D eigenvalue weighted by atomic mass is 10.3. The van der Waals surface area contributed by atoms with Gasteiger partial charge in [0.05, 0.1) is 22.1 Å². The molecule has 1 amide bonds. The van der Waals surface area contributed by atoms with Gasteiger partial charge in [0.2, 0.25) is 0 Å². The van der Waals surface area contributed by atoms with E-state index in [0.29, 0.717) is 18.7 Å². The number of nitrogens with one attached hydrogen (secondary N) is 2. The predicted octanol–water partition coefficient (Wildman–Crippen LogP) is 1.23. The Kier molecular flexibility index (Phi) is 4.34. The van der Waals surface area contributed by atoms with Crippen LogP contribution in [0.1, 0.15) is 10.4 Å². The summed E-state index contributed by atoms with van der Waals surface area (Å²) < 4.78 is 6.45. The minimum absolute atomic E-state index is 0.0453. The van der Waals surface area contributed by atoms with Crippen molar-refractivity contribution in [2.45, 2.75) is 6.10 Å². The minimum atomic E-state index is -0.0453. The summed E-state index contributed by atoms with van der Waals surface area (Å²) in [4.78, 5) is 11.7. The lowest BCUT2D eigenvalue weighted by molar-refractivity contribution is 0.0287. The molecule has 0 saturated carbocycles. The second-order valence-electron chi connectivity index (χ2n) is 3.55. The van der Waals surface area contributed by atoms with Gasteiger partial charge in [-0.05, 0) is 22.0 Å². The van der Waals surface area contributed by atoms with Gasteiger partial charge in [0.1, 0.15) is 0 Å². The number of halogens is 1. The smallest absolute Gasteiger partial charge is 0.252 e. The molecule has 2 N–H and O–H groups in total. The molecule has 1 saturated heterocycles. The second-order valence-corrected chi connectivity index (χ2v) is 5.84. The molecule has 0 spiro atoms. The molecule has 1 unspecified atom stereocenters. The van der Waals surface area contributed by atoms with Crippen molar-refractivity contribution in [1.29, 1.82) is 0 Å². The third-order valence-corrected chi connectivity index (χ3v) is 3.83. The molecule has 0 bridgehead atoms. The van der Waals surface area contributed by atoms with Crippen molar-refractivity contribution in [2.75, 3.05) is 26.2 Å². The van der Waals surface area contributed by atoms with Gasteiger partial charge in [-0.25, -0.2) is 0 Å². The van der Waals surface area contributed by atoms with Crippen LogP contribution in [0.4, 0.5) is 0 Å². The van der Waals surface area contributed by atoms with Crippen molar-refractivity contribution < 1.29 is 9.53 Å². The number of hydrogen-bond donors (Lipinski definition) is 2. The Bertz CT molecular complexity index is 363. The summed E-state index contributed by atoms with van der Waals surface area (Å²) in [6.45, 7) is 2.96. The molecule has 4 nitrogen and oxygen atoms in total. The molecule has 6 heteroatoms. The quantitative estimate of drug-likeness (QED) is 0.883. The van der Waals surface area contributed by atoms with Crippen molar-refractivity contribution in [1.82, 2.24) is 10.6 Å². The fourth-order valence-corrected chi connectivity index (χ4v) is 2.63. The van der Waals surface area contributed by atoms with Crippen LogP contribution >= 0.6 is 27.3 Å². The van der Waals surface area contributed by atoms with Gasteiger partial charge in [-0.3, -0.25) is 4.79 Å². The van der Waals surface area contributed by atoms with Crippen LogP contribution in [0, 0.1) is 0 Å². The summed E-state index contributed by atoms with van der Waals surface area (Å²) in [6.07, 6.45) is 0.0831. The highest BCUT2D eigenvalue weighted by atomic mass is 79.9. The van der Waals surface area contributed by atoms with Gasteiger partial charge in [0, 0.05) is 25.0 Å². The van der Waals surface area contributed by atoms with E-state index in [1.54, 1.807) is 0 Å². The summed E-state index contributed by atoms with van der Waals surface area (Å²) in [7, 11) is 0. The van der Waals surface area contributed by atoms with Crippen LogP contribution in [0.5, 0.6) is 0 Å². The molecule has 1 aliphatic rings. The minimum Gasteiger partial charge on any atom is -0.374 e. The molecule has 1 aliphatic heterocycles. The van der Waals surface area contributed by atoms with Crippen LogP contribution in [0.2, 0.25) is 0 Å². The topological polar surface area (TPSA) is 50.4 Å². The summed E-state index contributed by atoms with van der Waals surface area (Å²) in [5, 5.41) is 7.92. The van der Waals surface area contributed by atoms with E-state index in [4.69, 9.17) is 4.74 Å². The fraction of sp³-hybridized carbons (Fsp3) is 0.500. The Labute approximate surface area is 106 Å². The lowest BCUT2D eigenvalue weighted by Crippen LogP contribution is -2.45. The highest BCUT2D eigenvalue weighted by Crippen LogP contribution is 2.20. The molecule has 88 valence electrons. The van der Waals surface area contributed by atoms with Gasteiger partial charge >= 0.3 is 0 Å². The molecule has 1 aromatic heterocycles. The van der Waals surface area contributed by atoms with E-state index < -0.39 is 0 Å². The van der Waals surface area contributed by atoms with Crippen molar-refractivity contribution in [2.24, 2.45) is 0 Å². The van der Waals surface area contributed by atoms with Crippen molar-refractivity contribution in [3.8, 4) is 0 Å². The van der Waals surface area contributed by atoms with Crippen LogP contribution in [0.3, 0.4) is 0 Å². The molecule has 0 aliphatic carbocycles. The average Bonchev–Trinajstić information content (AvgIpc) is 2.74. The van der Waals surface area contributed by atoms with Crippen molar-refractivity contribution in [3.63, 3.8) is 0 Å². The van der Waals surface area contributed by atoms with E-state index >= 15 is 0 Å². The molecule has 1 fully saturated rings. The first-order chi connectivity index (χ1) is 7.75. The number of ether oxygens (including phenoxy) is 1. The van der Waals surface area contributed by atoms with Crippen LogP contribution in [-0.4, -0.2) is 38.3 Å². The number of carbonyl (C=O) groups excluding carboxylic acids is 1. The van der Waals surface area contributed by atoms with Crippen molar-refractivity contribution in [3.05, 3.63) is 20.8 Å². The molecular weight excluding hydrogens is 292 g/mol. The molecule has 0 aromatic carbocycles. The molecule has 1 aromatic rings. The lowest BCUT2D eigenvalue weighted by Gasteiger charge is -2.23. The van der Waals surface area contributed by atoms with Crippen LogP contribution in [-0.2, 0) is 4.74 Å². The average molecular weight is 305 g/mol. The number of thiophene rings is 1. The number of hydrogen-bond acceptors (Lipinski definition) is 4. The first kappa shape index (κ1) is 12.0. The Morgan fingerprint density at radius 1 is 1.75 bits per heavy atom. The predicted molar refractivity (Wildman–Crippen MR) is 67.0 cm³/mol. The zero-order chi connectivity index (χ0) is 11.4. The Balaban J connectivity index is 1.79. The van der Waals surface area contributed by atoms with Gasteiger partial charge in [-0.2, -0.15) is 0 Å². The number of carbonyl (C=O) groups is 1. The van der Waals surface area contributed by atoms with Crippen LogP contribution in [0.25, 0.3) is 0 Å². The summed E-state index contributed by atoms with van der Waals surface area (Å²) in [5.74, 6) is -0.0453. The summed E-state index contributed by atoms with van der Waals surface area (Å²) in [6, 6.07) is 1.82. The van der Waals surface area contributed by atoms with Crippen molar-refractivity contribution >= 4 is 33.2 Å². The SMILES string of the molecule is O=C(NCC1CNCCO1)c1csc(Br)c1. The highest BCUT2D eigenvalue weighted by molar-refractivity contribution is 9.11. The van der Waals surface area contributed by atoms with Gasteiger partial charge in [0.25, 0.3) is 5.91 Å². The maximum atomic E-state index is 11.7.